The molecule has 0 saturated heterocycles. The lowest BCUT2D eigenvalue weighted by atomic mass is 10.1. The van der Waals surface area contributed by atoms with Gasteiger partial charge >= 0.3 is 0 Å². The molecule has 0 spiro atoms. The van der Waals surface area contributed by atoms with Crippen molar-refractivity contribution in [1.29, 1.82) is 0 Å². The number of benzene rings is 1. The molecule has 2 rings (SSSR count). The van der Waals surface area contributed by atoms with Gasteiger partial charge in [-0.15, -0.1) is 0 Å². The molecule has 0 bridgehead atoms. The molecule has 2 amide bonds. The average molecular weight is 290 g/mol. The summed E-state index contributed by atoms with van der Waals surface area (Å²) < 4.78 is 5.62. The fourth-order valence-electron chi connectivity index (χ4n) is 2.23. The summed E-state index contributed by atoms with van der Waals surface area (Å²) in [7, 11) is 0. The molecule has 0 aliphatic carbocycles. The fourth-order valence-corrected chi connectivity index (χ4v) is 2.23. The van der Waals surface area contributed by atoms with Crippen molar-refractivity contribution < 1.29 is 14.3 Å². The van der Waals surface area contributed by atoms with Gasteiger partial charge in [0.1, 0.15) is 5.75 Å². The molecule has 0 fully saturated rings. The first kappa shape index (κ1) is 15.4. The molecule has 114 valence electrons. The molecule has 5 heteroatoms. The maximum Gasteiger partial charge on any atom is 0.267 e. The van der Waals surface area contributed by atoms with Crippen molar-refractivity contribution in [2.45, 2.75) is 40.2 Å². The van der Waals surface area contributed by atoms with Crippen molar-refractivity contribution in [3.8, 4) is 5.75 Å². The Bertz CT molecular complexity index is 554. The van der Waals surface area contributed by atoms with Gasteiger partial charge in [-0.3, -0.25) is 9.59 Å². The summed E-state index contributed by atoms with van der Waals surface area (Å²) in [6.07, 6.45) is 0.390. The number of amides is 2. The van der Waals surface area contributed by atoms with Gasteiger partial charge in [0.25, 0.3) is 5.91 Å². The number of anilines is 2. The molecular formula is C16H22N2O3. The molecule has 21 heavy (non-hydrogen) atoms. The van der Waals surface area contributed by atoms with Gasteiger partial charge in [-0.25, -0.2) is 0 Å². The fraction of sp³-hybridized carbons (Fsp3) is 0.500. The van der Waals surface area contributed by atoms with Crippen LogP contribution in [0, 0.1) is 5.92 Å². The number of carbonyl (C=O) groups is 2. The predicted molar refractivity (Wildman–Crippen MR) is 82.6 cm³/mol. The maximum absolute atomic E-state index is 12.2. The van der Waals surface area contributed by atoms with Crippen molar-refractivity contribution in [2.24, 2.45) is 5.92 Å². The molecule has 1 aliphatic rings. The minimum Gasteiger partial charge on any atom is -0.479 e. The maximum atomic E-state index is 12.2. The van der Waals surface area contributed by atoms with E-state index in [-0.39, 0.29) is 17.7 Å². The number of nitrogens with one attached hydrogen (secondary N) is 1. The van der Waals surface area contributed by atoms with Crippen LogP contribution in [0.25, 0.3) is 0 Å². The van der Waals surface area contributed by atoms with Gasteiger partial charge in [-0.1, -0.05) is 20.8 Å². The quantitative estimate of drug-likeness (QED) is 0.927. The van der Waals surface area contributed by atoms with Crippen LogP contribution in [0.4, 0.5) is 11.4 Å². The Hall–Kier alpha value is -2.04. The summed E-state index contributed by atoms with van der Waals surface area (Å²) >= 11 is 0. The van der Waals surface area contributed by atoms with Crippen molar-refractivity contribution in [1.82, 2.24) is 0 Å². The molecule has 0 aromatic heterocycles. The van der Waals surface area contributed by atoms with Crippen molar-refractivity contribution in [3.63, 3.8) is 0 Å². The molecule has 1 atom stereocenters. The van der Waals surface area contributed by atoms with Gasteiger partial charge in [0.2, 0.25) is 5.91 Å². The lowest BCUT2D eigenvalue weighted by Crippen LogP contribution is -2.44. The SMILES string of the molecule is CCCN1C(=O)C(C)Oc2ccc(NC(=O)C(C)C)cc21. The largest absolute Gasteiger partial charge is 0.479 e. The lowest BCUT2D eigenvalue weighted by Gasteiger charge is -2.33. The first-order chi connectivity index (χ1) is 9.93. The summed E-state index contributed by atoms with van der Waals surface area (Å²) in [5, 5.41) is 2.85. The summed E-state index contributed by atoms with van der Waals surface area (Å²) in [6, 6.07) is 5.40. The van der Waals surface area contributed by atoms with Gasteiger partial charge in [0, 0.05) is 18.2 Å². The van der Waals surface area contributed by atoms with Crippen LogP contribution < -0.4 is 15.0 Å². The highest BCUT2D eigenvalue weighted by atomic mass is 16.5. The van der Waals surface area contributed by atoms with Crippen molar-refractivity contribution in [2.75, 3.05) is 16.8 Å². The highest BCUT2D eigenvalue weighted by Crippen LogP contribution is 2.36. The van der Waals surface area contributed by atoms with Gasteiger partial charge in [0.15, 0.2) is 6.10 Å². The predicted octanol–water partition coefficient (Wildman–Crippen LogP) is 2.81. The highest BCUT2D eigenvalue weighted by Gasteiger charge is 2.31. The number of hydrogen-bond acceptors (Lipinski definition) is 3. The van der Waals surface area contributed by atoms with E-state index in [1.54, 1.807) is 30.0 Å². The molecule has 1 heterocycles. The van der Waals surface area contributed by atoms with Crippen LogP contribution in [0.15, 0.2) is 18.2 Å². The molecule has 1 aliphatic heterocycles. The first-order valence-corrected chi connectivity index (χ1v) is 7.37. The third-order valence-corrected chi connectivity index (χ3v) is 3.41. The Morgan fingerprint density at radius 3 is 2.76 bits per heavy atom. The number of hydrogen-bond donors (Lipinski definition) is 1. The van der Waals surface area contributed by atoms with Crippen LogP contribution >= 0.6 is 0 Å². The Morgan fingerprint density at radius 1 is 1.43 bits per heavy atom. The minimum absolute atomic E-state index is 0.0447. The number of fused-ring (bicyclic) bond motifs is 1. The Balaban J connectivity index is 2.32. The molecule has 0 radical (unpaired) electrons. The summed E-state index contributed by atoms with van der Waals surface area (Å²) in [4.78, 5) is 25.7. The first-order valence-electron chi connectivity index (χ1n) is 7.37. The normalized spacial score (nSPS) is 17.5. The number of ether oxygens (including phenoxy) is 1. The molecule has 5 nitrogen and oxygen atoms in total. The zero-order chi connectivity index (χ0) is 15.6. The molecule has 1 aromatic carbocycles. The number of nitrogens with zero attached hydrogens (tertiary/aromatic N) is 1. The zero-order valence-electron chi connectivity index (χ0n) is 13.0. The van der Waals surface area contributed by atoms with Crippen LogP contribution in [0.1, 0.15) is 34.1 Å². The smallest absolute Gasteiger partial charge is 0.267 e. The number of carbonyl (C=O) groups excluding carboxylic acids is 2. The molecule has 1 unspecified atom stereocenters. The molecule has 0 saturated carbocycles. The van der Waals surface area contributed by atoms with Crippen LogP contribution in [0.2, 0.25) is 0 Å². The van der Waals surface area contributed by atoms with E-state index in [1.165, 1.54) is 0 Å². The van der Waals surface area contributed by atoms with Gasteiger partial charge in [0.05, 0.1) is 5.69 Å². The monoisotopic (exact) mass is 290 g/mol. The lowest BCUT2D eigenvalue weighted by molar-refractivity contribution is -0.125. The van der Waals surface area contributed by atoms with E-state index >= 15 is 0 Å². The topological polar surface area (TPSA) is 58.6 Å². The summed E-state index contributed by atoms with van der Waals surface area (Å²) in [6.45, 7) is 8.10. The Kier molecular flexibility index (Phi) is 4.50. The van der Waals surface area contributed by atoms with Gasteiger partial charge in [-0.05, 0) is 31.5 Å². The van der Waals surface area contributed by atoms with E-state index < -0.39 is 6.10 Å². The summed E-state index contributed by atoms with van der Waals surface area (Å²) in [5.41, 5.74) is 1.40. The van der Waals surface area contributed by atoms with Crippen molar-refractivity contribution >= 4 is 23.2 Å². The Morgan fingerprint density at radius 2 is 2.14 bits per heavy atom. The van der Waals surface area contributed by atoms with E-state index in [0.29, 0.717) is 18.0 Å². The second-order valence-corrected chi connectivity index (χ2v) is 5.58. The van der Waals surface area contributed by atoms with E-state index in [0.717, 1.165) is 12.1 Å². The van der Waals surface area contributed by atoms with Crippen LogP contribution in [-0.4, -0.2) is 24.5 Å². The number of rotatable bonds is 4. The average Bonchev–Trinajstić information content (AvgIpc) is 2.44. The van der Waals surface area contributed by atoms with Gasteiger partial charge in [-0.2, -0.15) is 0 Å². The van der Waals surface area contributed by atoms with E-state index in [9.17, 15) is 9.59 Å². The second-order valence-electron chi connectivity index (χ2n) is 5.58. The summed E-state index contributed by atoms with van der Waals surface area (Å²) in [5.74, 6) is 0.494. The third-order valence-electron chi connectivity index (χ3n) is 3.41. The van der Waals surface area contributed by atoms with E-state index in [4.69, 9.17) is 4.74 Å². The van der Waals surface area contributed by atoms with Crippen molar-refractivity contribution in [3.05, 3.63) is 18.2 Å². The second kappa shape index (κ2) is 6.16. The molecule has 1 aromatic rings. The van der Waals surface area contributed by atoms with Crippen LogP contribution in [-0.2, 0) is 9.59 Å². The van der Waals surface area contributed by atoms with E-state index in [1.807, 2.05) is 20.8 Å². The Labute approximate surface area is 125 Å². The van der Waals surface area contributed by atoms with Crippen LogP contribution in [0.3, 0.4) is 0 Å². The minimum atomic E-state index is -0.472. The standard InChI is InChI=1S/C16H22N2O3/c1-5-8-18-13-9-12(17-15(19)10(2)3)6-7-14(13)21-11(4)16(18)20/h6-7,9-11H,5,8H2,1-4H3,(H,17,19). The molecular weight excluding hydrogens is 268 g/mol. The van der Waals surface area contributed by atoms with Gasteiger partial charge < -0.3 is 15.0 Å². The zero-order valence-corrected chi connectivity index (χ0v) is 13.0. The highest BCUT2D eigenvalue weighted by molar-refractivity contribution is 6.01. The van der Waals surface area contributed by atoms with Crippen LogP contribution in [0.5, 0.6) is 5.75 Å². The molecule has 1 N–H and O–H groups in total. The van der Waals surface area contributed by atoms with E-state index in [2.05, 4.69) is 5.32 Å². The third kappa shape index (κ3) is 3.17.